The van der Waals surface area contributed by atoms with Crippen molar-refractivity contribution >= 4 is 17.3 Å². The number of thiazole rings is 1. The van der Waals surface area contributed by atoms with Crippen LogP contribution in [0.3, 0.4) is 0 Å². The molecule has 0 amide bonds. The fourth-order valence-corrected chi connectivity index (χ4v) is 4.81. The van der Waals surface area contributed by atoms with E-state index in [4.69, 9.17) is 4.74 Å². The van der Waals surface area contributed by atoms with Gasteiger partial charge in [-0.05, 0) is 32.6 Å². The molecule has 1 aliphatic heterocycles. The Morgan fingerprint density at radius 1 is 1.68 bits per heavy atom. The van der Waals surface area contributed by atoms with Crippen molar-refractivity contribution in [3.8, 4) is 0 Å². The number of nitrogens with zero attached hydrogens (tertiary/aromatic N) is 2. The number of carboxylic acids is 1. The Morgan fingerprint density at radius 2 is 2.50 bits per heavy atom. The molecule has 1 saturated carbocycles. The zero-order valence-electron chi connectivity index (χ0n) is 13.2. The standard InChI is InChI=1S/C16H24N2O3S/c1-3-21-11(2)14-17-13(9-22-14)8-18-7-12-5-4-6-16(12,10-18)15(19)20/h9,11-12H,3-8,10H2,1-2H3,(H,19,20)/t11?,12-,16+/m0/s1. The average Bonchev–Trinajstić information content (AvgIpc) is 3.13. The third kappa shape index (κ3) is 2.79. The van der Waals surface area contributed by atoms with Crippen LogP contribution in [0.1, 0.15) is 49.9 Å². The van der Waals surface area contributed by atoms with Gasteiger partial charge < -0.3 is 9.84 Å². The van der Waals surface area contributed by atoms with Gasteiger partial charge in [-0.2, -0.15) is 0 Å². The summed E-state index contributed by atoms with van der Waals surface area (Å²) in [7, 11) is 0. The lowest BCUT2D eigenvalue weighted by Gasteiger charge is -2.23. The predicted molar refractivity (Wildman–Crippen MR) is 84.8 cm³/mol. The molecule has 1 N–H and O–H groups in total. The SMILES string of the molecule is CCOC(C)c1nc(CN2C[C@@H]3CCC[C@@]3(C(=O)O)C2)cs1. The van der Waals surface area contributed by atoms with Gasteiger partial charge in [-0.3, -0.25) is 9.69 Å². The lowest BCUT2D eigenvalue weighted by molar-refractivity contribution is -0.149. The molecule has 122 valence electrons. The topological polar surface area (TPSA) is 62.7 Å². The minimum atomic E-state index is -0.610. The highest BCUT2D eigenvalue weighted by molar-refractivity contribution is 7.09. The van der Waals surface area contributed by atoms with Crippen molar-refractivity contribution in [2.45, 2.75) is 45.8 Å². The lowest BCUT2D eigenvalue weighted by atomic mass is 9.81. The molecule has 1 aromatic heterocycles. The molecule has 1 saturated heterocycles. The van der Waals surface area contributed by atoms with Crippen LogP contribution in [0.25, 0.3) is 0 Å². The van der Waals surface area contributed by atoms with E-state index in [1.807, 2.05) is 13.8 Å². The maximum Gasteiger partial charge on any atom is 0.311 e. The van der Waals surface area contributed by atoms with Crippen molar-refractivity contribution in [1.82, 2.24) is 9.88 Å². The number of hydrogen-bond acceptors (Lipinski definition) is 5. The molecule has 3 rings (SSSR count). The van der Waals surface area contributed by atoms with Crippen LogP contribution in [-0.2, 0) is 16.1 Å². The summed E-state index contributed by atoms with van der Waals surface area (Å²) in [5.74, 6) is -0.299. The minimum absolute atomic E-state index is 0.0343. The number of aromatic nitrogens is 1. The molecule has 3 atom stereocenters. The number of ether oxygens (including phenoxy) is 1. The molecule has 0 radical (unpaired) electrons. The molecule has 6 heteroatoms. The largest absolute Gasteiger partial charge is 0.481 e. The second-order valence-corrected chi connectivity index (χ2v) is 7.38. The van der Waals surface area contributed by atoms with Gasteiger partial charge in [0.1, 0.15) is 11.1 Å². The number of hydrogen-bond donors (Lipinski definition) is 1. The number of carbonyl (C=O) groups is 1. The maximum atomic E-state index is 11.7. The number of carboxylic acid groups (broad SMARTS) is 1. The number of aliphatic carboxylic acids is 1. The van der Waals surface area contributed by atoms with Gasteiger partial charge in [0.25, 0.3) is 0 Å². The number of fused-ring (bicyclic) bond motifs is 1. The normalized spacial score (nSPS) is 29.6. The van der Waals surface area contributed by atoms with Gasteiger partial charge in [0.2, 0.25) is 0 Å². The van der Waals surface area contributed by atoms with Crippen molar-refractivity contribution in [3.63, 3.8) is 0 Å². The van der Waals surface area contributed by atoms with E-state index < -0.39 is 11.4 Å². The first-order valence-electron chi connectivity index (χ1n) is 8.07. The van der Waals surface area contributed by atoms with Gasteiger partial charge in [-0.15, -0.1) is 11.3 Å². The van der Waals surface area contributed by atoms with E-state index >= 15 is 0 Å². The van der Waals surface area contributed by atoms with Crippen LogP contribution < -0.4 is 0 Å². The van der Waals surface area contributed by atoms with E-state index in [-0.39, 0.29) is 6.10 Å². The highest BCUT2D eigenvalue weighted by Gasteiger charge is 2.54. The molecule has 22 heavy (non-hydrogen) atoms. The zero-order valence-corrected chi connectivity index (χ0v) is 14.1. The summed E-state index contributed by atoms with van der Waals surface area (Å²) in [5.41, 5.74) is 0.532. The second-order valence-electron chi connectivity index (χ2n) is 6.49. The Labute approximate surface area is 135 Å². The van der Waals surface area contributed by atoms with Gasteiger partial charge in [-0.1, -0.05) is 6.42 Å². The predicted octanol–water partition coefficient (Wildman–Crippen LogP) is 2.93. The first kappa shape index (κ1) is 15.9. The Hall–Kier alpha value is -0.980. The Balaban J connectivity index is 1.64. The Morgan fingerprint density at radius 3 is 3.18 bits per heavy atom. The molecular weight excluding hydrogens is 300 g/mol. The summed E-state index contributed by atoms with van der Waals surface area (Å²) >= 11 is 1.63. The summed E-state index contributed by atoms with van der Waals surface area (Å²) in [6, 6.07) is 0. The van der Waals surface area contributed by atoms with Gasteiger partial charge in [0.05, 0.1) is 11.1 Å². The van der Waals surface area contributed by atoms with E-state index in [0.717, 1.165) is 43.1 Å². The quantitative estimate of drug-likeness (QED) is 0.872. The van der Waals surface area contributed by atoms with Gasteiger partial charge in [0, 0.05) is 31.6 Å². The Bertz CT molecular complexity index is 547. The van der Waals surface area contributed by atoms with Crippen LogP contribution >= 0.6 is 11.3 Å². The van der Waals surface area contributed by atoms with Crippen molar-refractivity contribution < 1.29 is 14.6 Å². The van der Waals surface area contributed by atoms with E-state index in [1.165, 1.54) is 0 Å². The van der Waals surface area contributed by atoms with E-state index in [2.05, 4.69) is 15.3 Å². The lowest BCUT2D eigenvalue weighted by Crippen LogP contribution is -2.35. The van der Waals surface area contributed by atoms with Crippen LogP contribution in [0.5, 0.6) is 0 Å². The van der Waals surface area contributed by atoms with Crippen molar-refractivity contribution in [3.05, 3.63) is 16.1 Å². The molecule has 1 aliphatic carbocycles. The van der Waals surface area contributed by atoms with Crippen LogP contribution in [-0.4, -0.2) is 40.7 Å². The smallest absolute Gasteiger partial charge is 0.311 e. The molecule has 1 aromatic rings. The summed E-state index contributed by atoms with van der Waals surface area (Å²) in [5, 5.41) is 12.7. The molecule has 0 bridgehead atoms. The molecule has 0 spiro atoms. The fraction of sp³-hybridized carbons (Fsp3) is 0.750. The van der Waals surface area contributed by atoms with E-state index in [1.54, 1.807) is 11.3 Å². The van der Waals surface area contributed by atoms with Gasteiger partial charge in [0.15, 0.2) is 0 Å². The minimum Gasteiger partial charge on any atom is -0.481 e. The zero-order chi connectivity index (χ0) is 15.7. The molecule has 5 nitrogen and oxygen atoms in total. The van der Waals surface area contributed by atoms with Crippen molar-refractivity contribution in [2.75, 3.05) is 19.7 Å². The third-order valence-electron chi connectivity index (χ3n) is 5.09. The summed E-state index contributed by atoms with van der Waals surface area (Å²) in [6.07, 6.45) is 2.96. The van der Waals surface area contributed by atoms with E-state index in [0.29, 0.717) is 19.1 Å². The fourth-order valence-electron chi connectivity index (χ4n) is 4.00. The monoisotopic (exact) mass is 324 g/mol. The summed E-state index contributed by atoms with van der Waals surface area (Å²) in [6.45, 7) is 7.00. The van der Waals surface area contributed by atoms with Crippen LogP contribution in [0.4, 0.5) is 0 Å². The second kappa shape index (κ2) is 6.26. The highest BCUT2D eigenvalue weighted by Crippen LogP contribution is 2.49. The molecule has 2 heterocycles. The maximum absolute atomic E-state index is 11.7. The van der Waals surface area contributed by atoms with E-state index in [9.17, 15) is 9.90 Å². The number of likely N-dealkylation sites (tertiary alicyclic amines) is 1. The van der Waals surface area contributed by atoms with Crippen LogP contribution in [0.15, 0.2) is 5.38 Å². The number of rotatable bonds is 6. The van der Waals surface area contributed by atoms with Crippen LogP contribution in [0.2, 0.25) is 0 Å². The first-order chi connectivity index (χ1) is 10.5. The average molecular weight is 324 g/mol. The van der Waals surface area contributed by atoms with Crippen LogP contribution in [0, 0.1) is 11.3 Å². The molecule has 0 aromatic carbocycles. The van der Waals surface area contributed by atoms with Gasteiger partial charge in [-0.25, -0.2) is 4.98 Å². The Kier molecular flexibility index (Phi) is 4.52. The molecular formula is C16H24N2O3S. The third-order valence-corrected chi connectivity index (χ3v) is 6.14. The van der Waals surface area contributed by atoms with Gasteiger partial charge >= 0.3 is 5.97 Å². The van der Waals surface area contributed by atoms with Crippen molar-refractivity contribution in [2.24, 2.45) is 11.3 Å². The molecule has 2 fully saturated rings. The first-order valence-corrected chi connectivity index (χ1v) is 8.95. The molecule has 1 unspecified atom stereocenters. The molecule has 2 aliphatic rings. The van der Waals surface area contributed by atoms with Crippen molar-refractivity contribution in [1.29, 1.82) is 0 Å². The highest BCUT2D eigenvalue weighted by atomic mass is 32.1. The summed E-state index contributed by atoms with van der Waals surface area (Å²) in [4.78, 5) is 18.6. The summed E-state index contributed by atoms with van der Waals surface area (Å²) < 4.78 is 5.58.